The summed E-state index contributed by atoms with van der Waals surface area (Å²) in [7, 11) is 0. The molecule has 2 rings (SSSR count). The highest BCUT2D eigenvalue weighted by Gasteiger charge is 2.25. The van der Waals surface area contributed by atoms with E-state index in [0.29, 0.717) is 11.4 Å². The summed E-state index contributed by atoms with van der Waals surface area (Å²) in [6.07, 6.45) is 0. The summed E-state index contributed by atoms with van der Waals surface area (Å²) in [5, 5.41) is 10.9. The molecular formula is C18H19NO4S. The van der Waals surface area contributed by atoms with Gasteiger partial charge in [0.25, 0.3) is 0 Å². The number of amides is 1. The van der Waals surface area contributed by atoms with E-state index in [2.05, 4.69) is 0 Å². The van der Waals surface area contributed by atoms with E-state index < -0.39 is 18.4 Å². The Hall–Kier alpha value is -2.34. The molecule has 126 valence electrons. The fourth-order valence-corrected chi connectivity index (χ4v) is 3.07. The third kappa shape index (κ3) is 4.35. The Labute approximate surface area is 144 Å². The van der Waals surface area contributed by atoms with Crippen LogP contribution in [0.1, 0.15) is 13.8 Å². The molecule has 0 saturated heterocycles. The predicted octanol–water partition coefficient (Wildman–Crippen LogP) is 3.17. The predicted molar refractivity (Wildman–Crippen MR) is 96.2 cm³/mol. The van der Waals surface area contributed by atoms with Gasteiger partial charge in [-0.15, -0.1) is 0 Å². The first-order chi connectivity index (χ1) is 11.4. The maximum atomic E-state index is 12.8. The molecular weight excluding hydrogens is 326 g/mol. The van der Waals surface area contributed by atoms with Crippen molar-refractivity contribution in [2.24, 2.45) is 5.92 Å². The largest absolute Gasteiger partial charge is 0.480 e. The number of benzene rings is 2. The molecule has 0 saturated carbocycles. The summed E-state index contributed by atoms with van der Waals surface area (Å²) >= 11 is 1.07. The van der Waals surface area contributed by atoms with Gasteiger partial charge in [0.1, 0.15) is 6.54 Å². The Balaban J connectivity index is 2.38. The highest BCUT2D eigenvalue weighted by Crippen LogP contribution is 2.28. The lowest BCUT2D eigenvalue weighted by Crippen LogP contribution is -2.40. The molecule has 6 heteroatoms. The summed E-state index contributed by atoms with van der Waals surface area (Å²) < 4.78 is 0. The van der Waals surface area contributed by atoms with Gasteiger partial charge in [0, 0.05) is 24.0 Å². The maximum Gasteiger partial charge on any atom is 0.323 e. The fraction of sp³-hybridized carbons (Fsp3) is 0.278. The van der Waals surface area contributed by atoms with Crippen LogP contribution in [-0.2, 0) is 14.4 Å². The molecule has 24 heavy (non-hydrogen) atoms. The number of nitrogens with zero attached hydrogens (tertiary/aromatic N) is 1. The number of hydrogen-bond donors (Lipinski definition) is 1. The van der Waals surface area contributed by atoms with Crippen LogP contribution in [0.15, 0.2) is 42.5 Å². The van der Waals surface area contributed by atoms with Gasteiger partial charge in [-0.3, -0.25) is 14.4 Å². The van der Waals surface area contributed by atoms with Crippen molar-refractivity contribution >= 4 is 45.2 Å². The monoisotopic (exact) mass is 345 g/mol. The van der Waals surface area contributed by atoms with Gasteiger partial charge in [-0.05, 0) is 11.5 Å². The van der Waals surface area contributed by atoms with Gasteiger partial charge in [0.15, 0.2) is 5.12 Å². The lowest BCUT2D eigenvalue weighted by molar-refractivity contribution is -0.137. The van der Waals surface area contributed by atoms with Gasteiger partial charge >= 0.3 is 5.97 Å². The van der Waals surface area contributed by atoms with Crippen molar-refractivity contribution < 1.29 is 19.5 Å². The van der Waals surface area contributed by atoms with Crippen molar-refractivity contribution in [1.82, 2.24) is 0 Å². The van der Waals surface area contributed by atoms with E-state index in [0.717, 1.165) is 22.5 Å². The molecule has 1 N–H and O–H groups in total. The maximum absolute atomic E-state index is 12.8. The van der Waals surface area contributed by atoms with Gasteiger partial charge in [-0.1, -0.05) is 55.1 Å². The van der Waals surface area contributed by atoms with Crippen LogP contribution in [0.4, 0.5) is 5.69 Å². The van der Waals surface area contributed by atoms with Gasteiger partial charge in [-0.2, -0.15) is 0 Å². The van der Waals surface area contributed by atoms with Crippen molar-refractivity contribution in [2.45, 2.75) is 13.8 Å². The molecule has 1 amide bonds. The molecule has 0 radical (unpaired) electrons. The van der Waals surface area contributed by atoms with Crippen LogP contribution in [0, 0.1) is 5.92 Å². The minimum Gasteiger partial charge on any atom is -0.480 e. The van der Waals surface area contributed by atoms with Crippen LogP contribution < -0.4 is 4.90 Å². The Morgan fingerprint density at radius 2 is 1.79 bits per heavy atom. The molecule has 5 nitrogen and oxygen atoms in total. The molecule has 0 aliphatic heterocycles. The highest BCUT2D eigenvalue weighted by atomic mass is 32.2. The molecule has 1 atom stereocenters. The number of hydrogen-bond acceptors (Lipinski definition) is 4. The first kappa shape index (κ1) is 18.0. The van der Waals surface area contributed by atoms with Crippen LogP contribution in [0.3, 0.4) is 0 Å². The molecule has 0 bridgehead atoms. The zero-order valence-corrected chi connectivity index (χ0v) is 14.4. The minimum absolute atomic E-state index is 0.0652. The van der Waals surface area contributed by atoms with Crippen LogP contribution in [0.25, 0.3) is 10.8 Å². The van der Waals surface area contributed by atoms with E-state index in [1.807, 2.05) is 30.3 Å². The Bertz CT molecular complexity index is 769. The van der Waals surface area contributed by atoms with E-state index in [-0.39, 0.29) is 11.0 Å². The Morgan fingerprint density at radius 1 is 1.12 bits per heavy atom. The number of carbonyl (C=O) groups excluding carboxylic acids is 2. The number of rotatable bonds is 6. The second kappa shape index (κ2) is 7.97. The lowest BCUT2D eigenvalue weighted by Gasteiger charge is -2.25. The van der Waals surface area contributed by atoms with Gasteiger partial charge in [0.05, 0.1) is 5.69 Å². The number of carboxylic acid groups (broad SMARTS) is 1. The zero-order valence-electron chi connectivity index (χ0n) is 13.6. The first-order valence-electron chi connectivity index (χ1n) is 7.54. The average molecular weight is 345 g/mol. The number of fused-ring (bicyclic) bond motifs is 1. The highest BCUT2D eigenvalue weighted by molar-refractivity contribution is 8.13. The quantitative estimate of drug-likeness (QED) is 0.870. The van der Waals surface area contributed by atoms with Crippen LogP contribution in [0.5, 0.6) is 0 Å². The smallest absolute Gasteiger partial charge is 0.323 e. The second-order valence-corrected chi connectivity index (χ2v) is 6.72. The molecule has 2 aromatic rings. The number of anilines is 1. The number of carboxylic acids is 1. The van der Waals surface area contributed by atoms with E-state index in [1.54, 1.807) is 19.1 Å². The van der Waals surface area contributed by atoms with Crippen molar-refractivity contribution in [3.05, 3.63) is 42.5 Å². The summed E-state index contributed by atoms with van der Waals surface area (Å²) in [6.45, 7) is 2.74. The summed E-state index contributed by atoms with van der Waals surface area (Å²) in [6, 6.07) is 13.0. The van der Waals surface area contributed by atoms with Crippen LogP contribution in [0.2, 0.25) is 0 Å². The van der Waals surface area contributed by atoms with Gasteiger partial charge in [0.2, 0.25) is 5.91 Å². The van der Waals surface area contributed by atoms with E-state index in [4.69, 9.17) is 0 Å². The SMILES string of the molecule is CC(=O)SCC(C)C(=O)N(CC(=O)O)c1cccc2ccccc12. The van der Waals surface area contributed by atoms with Crippen LogP contribution in [-0.4, -0.2) is 34.4 Å². The first-order valence-corrected chi connectivity index (χ1v) is 8.53. The van der Waals surface area contributed by atoms with Crippen LogP contribution >= 0.6 is 11.8 Å². The topological polar surface area (TPSA) is 74.7 Å². The number of carbonyl (C=O) groups is 3. The van der Waals surface area contributed by atoms with Crippen molar-refractivity contribution in [1.29, 1.82) is 0 Å². The summed E-state index contributed by atoms with van der Waals surface area (Å²) in [4.78, 5) is 36.4. The average Bonchev–Trinajstić information content (AvgIpc) is 2.56. The van der Waals surface area contributed by atoms with E-state index >= 15 is 0 Å². The van der Waals surface area contributed by atoms with Crippen molar-refractivity contribution in [2.75, 3.05) is 17.2 Å². The molecule has 0 fully saturated rings. The Kier molecular flexibility index (Phi) is 5.98. The minimum atomic E-state index is -1.08. The molecule has 0 aromatic heterocycles. The summed E-state index contributed by atoms with van der Waals surface area (Å²) in [5.41, 5.74) is 0.570. The van der Waals surface area contributed by atoms with E-state index in [9.17, 15) is 19.5 Å². The fourth-order valence-electron chi connectivity index (χ4n) is 2.44. The number of thioether (sulfide) groups is 1. The van der Waals surface area contributed by atoms with Gasteiger partial charge in [-0.25, -0.2) is 0 Å². The van der Waals surface area contributed by atoms with Gasteiger partial charge < -0.3 is 10.0 Å². The van der Waals surface area contributed by atoms with E-state index in [1.165, 1.54) is 11.8 Å². The molecule has 0 spiro atoms. The van der Waals surface area contributed by atoms with Crippen molar-refractivity contribution in [3.63, 3.8) is 0 Å². The van der Waals surface area contributed by atoms with Crippen molar-refractivity contribution in [3.8, 4) is 0 Å². The lowest BCUT2D eigenvalue weighted by atomic mass is 10.1. The second-order valence-electron chi connectivity index (χ2n) is 5.52. The molecule has 1 unspecified atom stereocenters. The molecule has 0 heterocycles. The normalized spacial score (nSPS) is 11.9. The number of aliphatic carboxylic acids is 1. The zero-order chi connectivity index (χ0) is 17.7. The molecule has 2 aromatic carbocycles. The standard InChI is InChI=1S/C18H19NO4S/c1-12(11-24-13(2)20)18(23)19(10-17(21)22)16-9-5-7-14-6-3-4-8-15(14)16/h3-9,12H,10-11H2,1-2H3,(H,21,22). The summed E-state index contributed by atoms with van der Waals surface area (Å²) in [5.74, 6) is -1.52. The third-order valence-electron chi connectivity index (χ3n) is 3.57. The Morgan fingerprint density at radius 3 is 2.46 bits per heavy atom. The molecule has 0 aliphatic rings. The third-order valence-corrected chi connectivity index (χ3v) is 4.65. The molecule has 0 aliphatic carbocycles.